The van der Waals surface area contributed by atoms with Crippen molar-refractivity contribution in [1.29, 1.82) is 0 Å². The van der Waals surface area contributed by atoms with E-state index in [2.05, 4.69) is 5.16 Å². The van der Waals surface area contributed by atoms with Crippen LogP contribution in [-0.2, 0) is 6.42 Å². The molecule has 1 aromatic carbocycles. The largest absolute Gasteiger partial charge is 0.399 e. The van der Waals surface area contributed by atoms with Gasteiger partial charge in [-0.15, -0.1) is 0 Å². The van der Waals surface area contributed by atoms with Gasteiger partial charge in [0.05, 0.1) is 0 Å². The molecule has 2 N–H and O–H groups in total. The minimum absolute atomic E-state index is 0.142. The molecular formula is C13H13N3O2. The average Bonchev–Trinajstić information content (AvgIpc) is 2.94. The van der Waals surface area contributed by atoms with E-state index in [0.717, 1.165) is 17.7 Å². The summed E-state index contributed by atoms with van der Waals surface area (Å²) in [6, 6.07) is 7.29. The van der Waals surface area contributed by atoms with Crippen LogP contribution < -0.4 is 10.6 Å². The fourth-order valence-corrected chi connectivity index (χ4v) is 2.21. The van der Waals surface area contributed by atoms with Gasteiger partial charge in [0.25, 0.3) is 5.91 Å². The van der Waals surface area contributed by atoms with Crippen molar-refractivity contribution in [3.05, 3.63) is 41.3 Å². The van der Waals surface area contributed by atoms with Crippen molar-refractivity contribution < 1.29 is 9.32 Å². The molecule has 1 aromatic heterocycles. The first kappa shape index (κ1) is 10.8. The zero-order valence-electron chi connectivity index (χ0n) is 10.0. The number of aryl methyl sites for hydroxylation is 1. The summed E-state index contributed by atoms with van der Waals surface area (Å²) in [6.45, 7) is 2.42. The van der Waals surface area contributed by atoms with Crippen LogP contribution in [0.25, 0.3) is 0 Å². The fourth-order valence-electron chi connectivity index (χ4n) is 2.21. The molecule has 0 spiro atoms. The average molecular weight is 243 g/mol. The van der Waals surface area contributed by atoms with Crippen molar-refractivity contribution >= 4 is 17.3 Å². The Kier molecular flexibility index (Phi) is 2.33. The third kappa shape index (κ3) is 1.64. The predicted octanol–water partition coefficient (Wildman–Crippen LogP) is 1.77. The molecule has 2 aromatic rings. The maximum Gasteiger partial charge on any atom is 0.280 e. The zero-order chi connectivity index (χ0) is 12.7. The predicted molar refractivity (Wildman–Crippen MR) is 67.5 cm³/mol. The Morgan fingerprint density at radius 1 is 1.44 bits per heavy atom. The lowest BCUT2D eigenvalue weighted by atomic mass is 10.1. The van der Waals surface area contributed by atoms with E-state index in [0.29, 0.717) is 23.7 Å². The summed E-state index contributed by atoms with van der Waals surface area (Å²) >= 11 is 0. The molecule has 1 amide bonds. The maximum atomic E-state index is 12.3. The van der Waals surface area contributed by atoms with Crippen LogP contribution in [0.2, 0.25) is 0 Å². The first-order valence-electron chi connectivity index (χ1n) is 5.79. The summed E-state index contributed by atoms with van der Waals surface area (Å²) in [6.07, 6.45) is 0.845. The zero-order valence-corrected chi connectivity index (χ0v) is 10.0. The highest BCUT2D eigenvalue weighted by Gasteiger charge is 2.27. The highest BCUT2D eigenvalue weighted by Crippen LogP contribution is 2.30. The van der Waals surface area contributed by atoms with Crippen molar-refractivity contribution in [2.24, 2.45) is 0 Å². The smallest absolute Gasteiger partial charge is 0.280 e. The third-order valence-corrected chi connectivity index (χ3v) is 3.10. The number of rotatable bonds is 1. The lowest BCUT2D eigenvalue weighted by Crippen LogP contribution is -2.29. The summed E-state index contributed by atoms with van der Waals surface area (Å²) < 4.78 is 4.93. The van der Waals surface area contributed by atoms with E-state index in [1.165, 1.54) is 0 Å². The van der Waals surface area contributed by atoms with E-state index >= 15 is 0 Å². The summed E-state index contributed by atoms with van der Waals surface area (Å²) in [5.41, 5.74) is 8.77. The maximum absolute atomic E-state index is 12.3. The van der Waals surface area contributed by atoms with E-state index < -0.39 is 0 Å². The Morgan fingerprint density at radius 3 is 3.00 bits per heavy atom. The standard InChI is InChI=1S/C13H13N3O2/c1-8-6-11(15-18-8)13(17)16-5-4-9-2-3-10(14)7-12(9)16/h2-3,6-7H,4-5,14H2,1H3. The minimum atomic E-state index is -0.142. The second kappa shape index (κ2) is 3.87. The minimum Gasteiger partial charge on any atom is -0.399 e. The van der Waals surface area contributed by atoms with Gasteiger partial charge in [0, 0.05) is 24.0 Å². The first-order chi connectivity index (χ1) is 8.65. The summed E-state index contributed by atoms with van der Waals surface area (Å²) in [7, 11) is 0. The topological polar surface area (TPSA) is 72.4 Å². The van der Waals surface area contributed by atoms with Crippen LogP contribution >= 0.6 is 0 Å². The lowest BCUT2D eigenvalue weighted by Gasteiger charge is -2.15. The number of fused-ring (bicyclic) bond motifs is 1. The second-order valence-electron chi connectivity index (χ2n) is 4.42. The van der Waals surface area contributed by atoms with E-state index in [-0.39, 0.29) is 5.91 Å². The number of benzene rings is 1. The Hall–Kier alpha value is -2.30. The van der Waals surface area contributed by atoms with Crippen LogP contribution in [0.1, 0.15) is 21.8 Å². The van der Waals surface area contributed by atoms with Crippen molar-refractivity contribution in [3.8, 4) is 0 Å². The lowest BCUT2D eigenvalue weighted by molar-refractivity contribution is 0.0980. The Morgan fingerprint density at radius 2 is 2.28 bits per heavy atom. The van der Waals surface area contributed by atoms with Gasteiger partial charge in [-0.1, -0.05) is 11.2 Å². The molecule has 0 saturated heterocycles. The van der Waals surface area contributed by atoms with Crippen LogP contribution in [0.3, 0.4) is 0 Å². The van der Waals surface area contributed by atoms with E-state index in [1.807, 2.05) is 18.2 Å². The normalized spacial score (nSPS) is 13.7. The molecule has 1 aliphatic rings. The number of amides is 1. The highest BCUT2D eigenvalue weighted by atomic mass is 16.5. The summed E-state index contributed by atoms with van der Waals surface area (Å²) in [4.78, 5) is 14.0. The number of nitrogens with two attached hydrogens (primary N) is 1. The molecule has 0 saturated carbocycles. The molecule has 0 unspecified atom stereocenters. The molecule has 0 fully saturated rings. The molecule has 0 aliphatic carbocycles. The highest BCUT2D eigenvalue weighted by molar-refractivity contribution is 6.06. The number of hydrogen-bond acceptors (Lipinski definition) is 4. The molecule has 3 rings (SSSR count). The molecule has 5 heteroatoms. The number of anilines is 2. The van der Waals surface area contributed by atoms with Gasteiger partial charge in [-0.25, -0.2) is 0 Å². The van der Waals surface area contributed by atoms with Crippen molar-refractivity contribution in [3.63, 3.8) is 0 Å². The van der Waals surface area contributed by atoms with Crippen molar-refractivity contribution in [2.45, 2.75) is 13.3 Å². The van der Waals surface area contributed by atoms with Crippen LogP contribution in [0, 0.1) is 6.92 Å². The molecule has 5 nitrogen and oxygen atoms in total. The van der Waals surface area contributed by atoms with E-state index in [1.54, 1.807) is 17.9 Å². The molecule has 0 atom stereocenters. The van der Waals surface area contributed by atoms with Gasteiger partial charge < -0.3 is 15.2 Å². The van der Waals surface area contributed by atoms with Gasteiger partial charge in [-0.3, -0.25) is 4.79 Å². The molecule has 0 bridgehead atoms. The number of hydrogen-bond donors (Lipinski definition) is 1. The first-order valence-corrected chi connectivity index (χ1v) is 5.79. The SMILES string of the molecule is Cc1cc(C(=O)N2CCc3ccc(N)cc32)no1. The van der Waals surface area contributed by atoms with E-state index in [4.69, 9.17) is 10.3 Å². The number of carbonyl (C=O) groups excluding carboxylic acids is 1. The Balaban J connectivity index is 1.96. The molecule has 1 aliphatic heterocycles. The van der Waals surface area contributed by atoms with Gasteiger partial charge in [0.1, 0.15) is 5.76 Å². The fraction of sp³-hybridized carbons (Fsp3) is 0.231. The molecule has 18 heavy (non-hydrogen) atoms. The molecule has 0 radical (unpaired) electrons. The molecule has 2 heterocycles. The molecular weight excluding hydrogens is 230 g/mol. The van der Waals surface area contributed by atoms with Crippen LogP contribution in [0.15, 0.2) is 28.8 Å². The monoisotopic (exact) mass is 243 g/mol. The summed E-state index contributed by atoms with van der Waals surface area (Å²) in [5.74, 6) is 0.488. The molecule has 92 valence electrons. The van der Waals surface area contributed by atoms with Gasteiger partial charge in [-0.05, 0) is 31.0 Å². The van der Waals surface area contributed by atoms with Crippen LogP contribution in [-0.4, -0.2) is 17.6 Å². The third-order valence-electron chi connectivity index (χ3n) is 3.10. The Bertz CT molecular complexity index is 618. The number of nitrogens with zero attached hydrogens (tertiary/aromatic N) is 2. The Labute approximate surface area is 104 Å². The summed E-state index contributed by atoms with van der Waals surface area (Å²) in [5, 5.41) is 3.76. The quantitative estimate of drug-likeness (QED) is 0.775. The van der Waals surface area contributed by atoms with Gasteiger partial charge in [0.15, 0.2) is 5.69 Å². The van der Waals surface area contributed by atoms with Gasteiger partial charge in [-0.2, -0.15) is 0 Å². The van der Waals surface area contributed by atoms with Crippen LogP contribution in [0.5, 0.6) is 0 Å². The van der Waals surface area contributed by atoms with Crippen molar-refractivity contribution in [2.75, 3.05) is 17.2 Å². The number of nitrogen functional groups attached to an aromatic ring is 1. The van der Waals surface area contributed by atoms with Crippen LogP contribution in [0.4, 0.5) is 11.4 Å². The van der Waals surface area contributed by atoms with Gasteiger partial charge >= 0.3 is 0 Å². The van der Waals surface area contributed by atoms with Crippen molar-refractivity contribution in [1.82, 2.24) is 5.16 Å². The van der Waals surface area contributed by atoms with E-state index in [9.17, 15) is 4.79 Å². The second-order valence-corrected chi connectivity index (χ2v) is 4.42. The number of aromatic nitrogens is 1. The van der Waals surface area contributed by atoms with Gasteiger partial charge in [0.2, 0.25) is 0 Å². The number of carbonyl (C=O) groups is 1.